The molecule has 2 fully saturated rings. The lowest BCUT2D eigenvalue weighted by molar-refractivity contribution is -0.175. The zero-order valence-electron chi connectivity index (χ0n) is 14.1. The first-order valence-corrected chi connectivity index (χ1v) is 8.59. The Labute approximate surface area is 137 Å². The van der Waals surface area contributed by atoms with Crippen molar-refractivity contribution in [3.8, 4) is 0 Å². The molecule has 2 atom stereocenters. The number of carbonyl (C=O) groups is 1. The van der Waals surface area contributed by atoms with E-state index in [2.05, 4.69) is 10.3 Å². The monoisotopic (exact) mass is 321 g/mol. The standard InChI is InChI=1S/C17H27N3O3/c1-3-23-15-10-14(17(15)6-8-22-9-7-17)19-16(21)5-4-13-11-18-12-20(13)2/h11-12,14-15H,3-10H2,1-2H3,(H,19,21)/t14-,15+/m1/s1. The summed E-state index contributed by atoms with van der Waals surface area (Å²) in [6.45, 7) is 4.30. The molecule has 1 aliphatic carbocycles. The van der Waals surface area contributed by atoms with Crippen LogP contribution in [0.3, 0.4) is 0 Å². The first kappa shape index (κ1) is 16.5. The fraction of sp³-hybridized carbons (Fsp3) is 0.765. The van der Waals surface area contributed by atoms with Gasteiger partial charge in [-0.25, -0.2) is 4.98 Å². The van der Waals surface area contributed by atoms with E-state index in [1.807, 2.05) is 24.7 Å². The summed E-state index contributed by atoms with van der Waals surface area (Å²) in [5.74, 6) is 0.122. The molecule has 0 aromatic carbocycles. The minimum atomic E-state index is 0.0798. The van der Waals surface area contributed by atoms with Crippen molar-refractivity contribution in [2.24, 2.45) is 12.5 Å². The van der Waals surface area contributed by atoms with Crippen molar-refractivity contribution in [3.05, 3.63) is 18.2 Å². The molecule has 3 rings (SSSR count). The summed E-state index contributed by atoms with van der Waals surface area (Å²) in [4.78, 5) is 16.4. The van der Waals surface area contributed by atoms with Crippen molar-refractivity contribution in [2.75, 3.05) is 19.8 Å². The fourth-order valence-electron chi connectivity index (χ4n) is 3.94. The molecule has 1 N–H and O–H groups in total. The summed E-state index contributed by atoms with van der Waals surface area (Å²) in [6, 6.07) is 0.224. The highest BCUT2D eigenvalue weighted by atomic mass is 16.5. The van der Waals surface area contributed by atoms with Crippen LogP contribution in [-0.2, 0) is 27.7 Å². The molecule has 1 amide bonds. The lowest BCUT2D eigenvalue weighted by Gasteiger charge is -2.57. The van der Waals surface area contributed by atoms with Crippen LogP contribution in [-0.4, -0.2) is 47.4 Å². The lowest BCUT2D eigenvalue weighted by atomic mass is 9.57. The summed E-state index contributed by atoms with van der Waals surface area (Å²) in [6.07, 6.45) is 7.95. The van der Waals surface area contributed by atoms with Crippen LogP contribution in [0.1, 0.15) is 38.3 Å². The van der Waals surface area contributed by atoms with Gasteiger partial charge in [-0.1, -0.05) is 0 Å². The topological polar surface area (TPSA) is 65.4 Å². The van der Waals surface area contributed by atoms with Crippen LogP contribution in [0.2, 0.25) is 0 Å². The van der Waals surface area contributed by atoms with Gasteiger partial charge in [0.05, 0.1) is 12.4 Å². The van der Waals surface area contributed by atoms with E-state index in [0.29, 0.717) is 6.42 Å². The van der Waals surface area contributed by atoms with Gasteiger partial charge in [-0.05, 0) is 32.6 Å². The van der Waals surface area contributed by atoms with Crippen molar-refractivity contribution in [3.63, 3.8) is 0 Å². The summed E-state index contributed by atoms with van der Waals surface area (Å²) in [7, 11) is 1.95. The van der Waals surface area contributed by atoms with Crippen LogP contribution in [0, 0.1) is 5.41 Å². The van der Waals surface area contributed by atoms with Gasteiger partial charge in [0.15, 0.2) is 0 Å². The smallest absolute Gasteiger partial charge is 0.220 e. The molecule has 1 aliphatic heterocycles. The van der Waals surface area contributed by atoms with Gasteiger partial charge in [-0.3, -0.25) is 4.79 Å². The third-order valence-corrected chi connectivity index (χ3v) is 5.44. The normalized spacial score (nSPS) is 26.0. The fourth-order valence-corrected chi connectivity index (χ4v) is 3.94. The number of aromatic nitrogens is 2. The van der Waals surface area contributed by atoms with Gasteiger partial charge < -0.3 is 19.4 Å². The molecule has 1 saturated heterocycles. The Hall–Kier alpha value is -1.40. The third kappa shape index (κ3) is 3.28. The number of ether oxygens (including phenoxy) is 2. The van der Waals surface area contributed by atoms with Gasteiger partial charge in [0, 0.05) is 56.6 Å². The van der Waals surface area contributed by atoms with Gasteiger partial charge in [0.1, 0.15) is 0 Å². The van der Waals surface area contributed by atoms with Crippen molar-refractivity contribution < 1.29 is 14.3 Å². The molecule has 23 heavy (non-hydrogen) atoms. The third-order valence-electron chi connectivity index (χ3n) is 5.44. The van der Waals surface area contributed by atoms with Crippen LogP contribution in [0.4, 0.5) is 0 Å². The van der Waals surface area contributed by atoms with Crippen molar-refractivity contribution in [2.45, 2.75) is 51.2 Å². The molecule has 0 radical (unpaired) electrons. The first-order chi connectivity index (χ1) is 11.2. The van der Waals surface area contributed by atoms with Crippen molar-refractivity contribution in [1.29, 1.82) is 0 Å². The number of nitrogens with zero attached hydrogens (tertiary/aromatic N) is 2. The maximum atomic E-state index is 12.3. The Morgan fingerprint density at radius 2 is 2.30 bits per heavy atom. The van der Waals surface area contributed by atoms with Crippen LogP contribution in [0.5, 0.6) is 0 Å². The number of hydrogen-bond acceptors (Lipinski definition) is 4. The quantitative estimate of drug-likeness (QED) is 0.861. The molecular formula is C17H27N3O3. The average Bonchev–Trinajstić information content (AvgIpc) is 2.98. The molecule has 0 bridgehead atoms. The van der Waals surface area contributed by atoms with E-state index in [4.69, 9.17) is 9.47 Å². The van der Waals surface area contributed by atoms with Crippen LogP contribution in [0.15, 0.2) is 12.5 Å². The Morgan fingerprint density at radius 3 is 2.96 bits per heavy atom. The SMILES string of the molecule is CCO[C@H]1C[C@@H](NC(=O)CCc2cncn2C)C12CCOCC2. The molecule has 2 heterocycles. The highest BCUT2D eigenvalue weighted by molar-refractivity contribution is 5.76. The molecule has 2 aliphatic rings. The number of carbonyl (C=O) groups excluding carboxylic acids is 1. The Morgan fingerprint density at radius 1 is 1.52 bits per heavy atom. The molecule has 6 nitrogen and oxygen atoms in total. The van der Waals surface area contributed by atoms with Gasteiger partial charge >= 0.3 is 0 Å². The number of imidazole rings is 1. The van der Waals surface area contributed by atoms with Crippen LogP contribution < -0.4 is 5.32 Å². The predicted octanol–water partition coefficient (Wildman–Crippen LogP) is 1.44. The van der Waals surface area contributed by atoms with E-state index in [1.54, 1.807) is 6.33 Å². The van der Waals surface area contributed by atoms with E-state index in [1.165, 1.54) is 0 Å². The maximum Gasteiger partial charge on any atom is 0.220 e. The average molecular weight is 321 g/mol. The molecule has 128 valence electrons. The van der Waals surface area contributed by atoms with Gasteiger partial charge in [-0.2, -0.15) is 0 Å². The van der Waals surface area contributed by atoms with E-state index in [0.717, 1.165) is 51.2 Å². The zero-order valence-corrected chi connectivity index (χ0v) is 14.1. The van der Waals surface area contributed by atoms with Gasteiger partial charge in [0.2, 0.25) is 5.91 Å². The van der Waals surface area contributed by atoms with Crippen LogP contribution >= 0.6 is 0 Å². The number of amides is 1. The Bertz CT molecular complexity index is 537. The number of nitrogens with one attached hydrogen (secondary N) is 1. The second-order valence-electron chi connectivity index (χ2n) is 6.64. The van der Waals surface area contributed by atoms with Gasteiger partial charge in [0.25, 0.3) is 0 Å². The van der Waals surface area contributed by atoms with E-state index in [-0.39, 0.29) is 23.5 Å². The molecule has 1 aromatic rings. The minimum Gasteiger partial charge on any atom is -0.381 e. The molecule has 1 spiro atoms. The molecule has 1 aromatic heterocycles. The summed E-state index contributed by atoms with van der Waals surface area (Å²) in [5, 5.41) is 3.24. The lowest BCUT2D eigenvalue weighted by Crippen LogP contribution is -2.66. The van der Waals surface area contributed by atoms with E-state index in [9.17, 15) is 4.79 Å². The highest BCUT2D eigenvalue weighted by Crippen LogP contribution is 2.50. The molecule has 6 heteroatoms. The van der Waals surface area contributed by atoms with Crippen molar-refractivity contribution in [1.82, 2.24) is 14.9 Å². The highest BCUT2D eigenvalue weighted by Gasteiger charge is 2.56. The van der Waals surface area contributed by atoms with Crippen LogP contribution in [0.25, 0.3) is 0 Å². The summed E-state index contributed by atoms with van der Waals surface area (Å²) >= 11 is 0. The van der Waals surface area contributed by atoms with E-state index < -0.39 is 0 Å². The molecule has 0 unspecified atom stereocenters. The second-order valence-corrected chi connectivity index (χ2v) is 6.64. The zero-order chi connectivity index (χ0) is 16.3. The molecular weight excluding hydrogens is 294 g/mol. The first-order valence-electron chi connectivity index (χ1n) is 8.59. The second kappa shape index (κ2) is 7.01. The van der Waals surface area contributed by atoms with Crippen molar-refractivity contribution >= 4 is 5.91 Å². The summed E-state index contributed by atoms with van der Waals surface area (Å²) in [5.41, 5.74) is 1.16. The predicted molar refractivity (Wildman–Crippen MR) is 86.0 cm³/mol. The largest absolute Gasteiger partial charge is 0.381 e. The number of rotatable bonds is 6. The minimum absolute atomic E-state index is 0.0798. The Kier molecular flexibility index (Phi) is 5.02. The molecule has 1 saturated carbocycles. The number of hydrogen-bond donors (Lipinski definition) is 1. The summed E-state index contributed by atoms with van der Waals surface area (Å²) < 4.78 is 13.4. The van der Waals surface area contributed by atoms with E-state index >= 15 is 0 Å². The Balaban J connectivity index is 1.54. The maximum absolute atomic E-state index is 12.3. The number of aryl methyl sites for hydroxylation is 2. The van der Waals surface area contributed by atoms with Gasteiger partial charge in [-0.15, -0.1) is 0 Å².